The first-order chi connectivity index (χ1) is 13.5. The molecule has 142 valence electrons. The fourth-order valence-corrected chi connectivity index (χ4v) is 2.83. The minimum Gasteiger partial charge on any atom is -0.463 e. The summed E-state index contributed by atoms with van der Waals surface area (Å²) in [6.45, 7) is 3.35. The highest BCUT2D eigenvalue weighted by molar-refractivity contribution is 6.07. The van der Waals surface area contributed by atoms with E-state index in [0.717, 1.165) is 4.68 Å². The molecule has 0 radical (unpaired) electrons. The molecule has 9 nitrogen and oxygen atoms in total. The number of aromatic nitrogens is 4. The van der Waals surface area contributed by atoms with Gasteiger partial charge in [-0.2, -0.15) is 14.6 Å². The number of furan rings is 1. The first-order valence-electron chi connectivity index (χ1n) is 8.29. The zero-order valence-corrected chi connectivity index (χ0v) is 15.2. The first-order valence-corrected chi connectivity index (χ1v) is 8.29. The quantitative estimate of drug-likeness (QED) is 0.429. The molecule has 0 fully saturated rings. The lowest BCUT2D eigenvalue weighted by molar-refractivity contribution is 0.0956. The van der Waals surface area contributed by atoms with E-state index >= 15 is 0 Å². The van der Waals surface area contributed by atoms with Gasteiger partial charge in [0.1, 0.15) is 5.69 Å². The summed E-state index contributed by atoms with van der Waals surface area (Å²) in [7, 11) is 1.48. The second kappa shape index (κ2) is 6.72. The zero-order valence-electron chi connectivity index (χ0n) is 15.2. The van der Waals surface area contributed by atoms with E-state index in [0.29, 0.717) is 28.2 Å². The van der Waals surface area contributed by atoms with Crippen molar-refractivity contribution in [3.05, 3.63) is 52.9 Å². The molecule has 0 aliphatic heterocycles. The molecule has 28 heavy (non-hydrogen) atoms. The molecule has 4 rings (SSSR count). The number of nitrogens with zero attached hydrogens (tertiary/aromatic N) is 5. The molecule has 0 unspecified atom stereocenters. The van der Waals surface area contributed by atoms with Crippen LogP contribution < -0.4 is 5.43 Å². The van der Waals surface area contributed by atoms with Crippen molar-refractivity contribution in [3.63, 3.8) is 0 Å². The van der Waals surface area contributed by atoms with E-state index in [1.165, 1.54) is 19.5 Å². The van der Waals surface area contributed by atoms with E-state index in [1.807, 2.05) is 0 Å². The number of carbonyl (C=O) groups excluding carboxylic acids is 1. The standard InChI is InChI=1S/C18H15FN6O3/c1-9-12(16(19)25(3)23-9)8-20-22-17(26)11-7-13(14-5-4-6-27-14)21-18-15(11)10(2)24-28-18/h4-8H,1-3H3,(H,22,26). The predicted molar refractivity (Wildman–Crippen MR) is 97.2 cm³/mol. The zero-order chi connectivity index (χ0) is 19.8. The third-order valence-corrected chi connectivity index (χ3v) is 4.19. The van der Waals surface area contributed by atoms with Crippen LogP contribution in [0.1, 0.15) is 27.3 Å². The number of carbonyl (C=O) groups is 1. The van der Waals surface area contributed by atoms with Gasteiger partial charge in [-0.15, -0.1) is 0 Å². The van der Waals surface area contributed by atoms with Crippen LogP contribution in [0.15, 0.2) is 38.5 Å². The van der Waals surface area contributed by atoms with Crippen molar-refractivity contribution in [3.8, 4) is 11.5 Å². The Balaban J connectivity index is 1.68. The number of hydrogen-bond donors (Lipinski definition) is 1. The van der Waals surface area contributed by atoms with Crippen LogP contribution in [0.4, 0.5) is 4.39 Å². The summed E-state index contributed by atoms with van der Waals surface area (Å²) >= 11 is 0. The highest BCUT2D eigenvalue weighted by Gasteiger charge is 2.20. The number of amides is 1. The topological polar surface area (TPSA) is 111 Å². The fourth-order valence-electron chi connectivity index (χ4n) is 2.83. The maximum atomic E-state index is 14.0. The molecular weight excluding hydrogens is 367 g/mol. The van der Waals surface area contributed by atoms with Crippen molar-refractivity contribution in [2.45, 2.75) is 13.8 Å². The van der Waals surface area contributed by atoms with Crippen LogP contribution in [0.25, 0.3) is 22.6 Å². The van der Waals surface area contributed by atoms with E-state index in [9.17, 15) is 9.18 Å². The summed E-state index contributed by atoms with van der Waals surface area (Å²) in [5.74, 6) is -0.594. The summed E-state index contributed by atoms with van der Waals surface area (Å²) in [4.78, 5) is 17.1. The van der Waals surface area contributed by atoms with Crippen LogP contribution in [-0.2, 0) is 7.05 Å². The Labute approximate surface area is 157 Å². The minimum absolute atomic E-state index is 0.195. The molecule has 0 saturated carbocycles. The van der Waals surface area contributed by atoms with Gasteiger partial charge in [0.25, 0.3) is 11.6 Å². The van der Waals surface area contributed by atoms with Crippen molar-refractivity contribution in [2.75, 3.05) is 0 Å². The van der Waals surface area contributed by atoms with E-state index < -0.39 is 11.9 Å². The molecule has 0 aliphatic carbocycles. The summed E-state index contributed by atoms with van der Waals surface area (Å²) in [6, 6.07) is 4.99. The Bertz CT molecular complexity index is 1210. The average molecular weight is 382 g/mol. The van der Waals surface area contributed by atoms with Gasteiger partial charge in [0, 0.05) is 7.05 Å². The van der Waals surface area contributed by atoms with Crippen LogP contribution >= 0.6 is 0 Å². The SMILES string of the molecule is Cc1nn(C)c(F)c1C=NNC(=O)c1cc(-c2ccco2)nc2onc(C)c12. The third-order valence-electron chi connectivity index (χ3n) is 4.19. The van der Waals surface area contributed by atoms with Gasteiger partial charge < -0.3 is 8.94 Å². The van der Waals surface area contributed by atoms with E-state index in [1.54, 1.807) is 32.0 Å². The lowest BCUT2D eigenvalue weighted by Gasteiger charge is -2.04. The Morgan fingerprint density at radius 2 is 2.18 bits per heavy atom. The largest absolute Gasteiger partial charge is 0.463 e. The van der Waals surface area contributed by atoms with Crippen LogP contribution in [0.5, 0.6) is 0 Å². The molecule has 4 aromatic rings. The minimum atomic E-state index is -0.545. The molecular formula is C18H15FN6O3. The van der Waals surface area contributed by atoms with Gasteiger partial charge in [-0.05, 0) is 32.0 Å². The summed E-state index contributed by atoms with van der Waals surface area (Å²) in [5, 5.41) is 12.1. The highest BCUT2D eigenvalue weighted by Crippen LogP contribution is 2.27. The Morgan fingerprint density at radius 3 is 2.86 bits per heavy atom. The van der Waals surface area contributed by atoms with Crippen LogP contribution in [-0.4, -0.2) is 32.0 Å². The second-order valence-corrected chi connectivity index (χ2v) is 6.09. The van der Waals surface area contributed by atoms with Crippen LogP contribution in [0.2, 0.25) is 0 Å². The normalized spacial score (nSPS) is 11.6. The van der Waals surface area contributed by atoms with Gasteiger partial charge >= 0.3 is 0 Å². The molecule has 0 bridgehead atoms. The summed E-state index contributed by atoms with van der Waals surface area (Å²) in [5.41, 5.74) is 4.43. The number of pyridine rings is 1. The lowest BCUT2D eigenvalue weighted by atomic mass is 10.1. The number of hydrazone groups is 1. The molecule has 0 aliphatic rings. The molecule has 1 amide bonds. The maximum Gasteiger partial charge on any atom is 0.272 e. The number of halogens is 1. The number of nitrogens with one attached hydrogen (secondary N) is 1. The Morgan fingerprint density at radius 1 is 1.36 bits per heavy atom. The first kappa shape index (κ1) is 17.6. The molecule has 0 spiro atoms. The monoisotopic (exact) mass is 382 g/mol. The Hall–Kier alpha value is -3.82. The number of hydrogen-bond acceptors (Lipinski definition) is 7. The van der Waals surface area contributed by atoms with Gasteiger partial charge in [0.15, 0.2) is 5.76 Å². The number of fused-ring (bicyclic) bond motifs is 1. The smallest absolute Gasteiger partial charge is 0.272 e. The fraction of sp³-hybridized carbons (Fsp3) is 0.167. The lowest BCUT2D eigenvalue weighted by Crippen LogP contribution is -2.18. The van der Waals surface area contributed by atoms with Gasteiger partial charge in [-0.25, -0.2) is 15.1 Å². The third kappa shape index (κ3) is 2.94. The van der Waals surface area contributed by atoms with Gasteiger partial charge in [0.2, 0.25) is 5.95 Å². The van der Waals surface area contributed by atoms with Gasteiger partial charge in [-0.3, -0.25) is 4.79 Å². The Kier molecular flexibility index (Phi) is 4.22. The van der Waals surface area contributed by atoms with E-state index in [2.05, 4.69) is 25.8 Å². The summed E-state index contributed by atoms with van der Waals surface area (Å²) < 4.78 is 25.6. The van der Waals surface area contributed by atoms with E-state index in [-0.39, 0.29) is 16.8 Å². The van der Waals surface area contributed by atoms with Gasteiger partial charge in [0.05, 0.1) is 40.4 Å². The van der Waals surface area contributed by atoms with Gasteiger partial charge in [-0.1, -0.05) is 5.16 Å². The maximum absolute atomic E-state index is 14.0. The van der Waals surface area contributed by atoms with Crippen molar-refractivity contribution in [1.29, 1.82) is 0 Å². The molecule has 0 aromatic carbocycles. The highest BCUT2D eigenvalue weighted by atomic mass is 19.1. The van der Waals surface area contributed by atoms with Crippen molar-refractivity contribution < 1.29 is 18.1 Å². The average Bonchev–Trinajstić information content (AvgIpc) is 3.38. The second-order valence-electron chi connectivity index (χ2n) is 6.09. The molecule has 4 heterocycles. The van der Waals surface area contributed by atoms with Crippen LogP contribution in [0, 0.1) is 19.8 Å². The molecule has 0 saturated heterocycles. The molecule has 1 N–H and O–H groups in total. The molecule has 10 heteroatoms. The number of aryl methyl sites for hydroxylation is 3. The summed E-state index contributed by atoms with van der Waals surface area (Å²) in [6.07, 6.45) is 2.71. The van der Waals surface area contributed by atoms with E-state index in [4.69, 9.17) is 8.94 Å². The number of rotatable bonds is 4. The predicted octanol–water partition coefficient (Wildman–Crippen LogP) is 2.74. The van der Waals surface area contributed by atoms with Crippen LogP contribution in [0.3, 0.4) is 0 Å². The molecule has 4 aromatic heterocycles. The van der Waals surface area contributed by atoms with Crippen molar-refractivity contribution >= 4 is 23.2 Å². The molecule has 0 atom stereocenters. The van der Waals surface area contributed by atoms with Crippen molar-refractivity contribution in [2.24, 2.45) is 12.1 Å². The van der Waals surface area contributed by atoms with Crippen molar-refractivity contribution in [1.82, 2.24) is 25.3 Å².